The Kier molecular flexibility index (Phi) is 4.84. The summed E-state index contributed by atoms with van der Waals surface area (Å²) in [5.74, 6) is 0.392. The second-order valence-electron chi connectivity index (χ2n) is 5.44. The lowest BCUT2D eigenvalue weighted by atomic mass is 9.99. The number of hydrogen-bond acceptors (Lipinski definition) is 2. The molecule has 1 unspecified atom stereocenters. The first-order valence-electron chi connectivity index (χ1n) is 7.33. The fourth-order valence-corrected chi connectivity index (χ4v) is 3.16. The molecule has 3 heteroatoms. The minimum atomic E-state index is 0.392. The molecule has 17 heavy (non-hydrogen) atoms. The zero-order valence-corrected chi connectivity index (χ0v) is 11.2. The smallest absolute Gasteiger partial charge is 0.224 e. The van der Waals surface area contributed by atoms with Gasteiger partial charge in [-0.1, -0.05) is 6.92 Å². The van der Waals surface area contributed by atoms with Crippen molar-refractivity contribution in [2.75, 3.05) is 26.2 Å². The molecule has 0 aromatic carbocycles. The molecule has 1 amide bonds. The van der Waals surface area contributed by atoms with Gasteiger partial charge in [-0.25, -0.2) is 0 Å². The molecule has 1 atom stereocenters. The molecule has 98 valence electrons. The molecule has 2 fully saturated rings. The first kappa shape index (κ1) is 12.9. The van der Waals surface area contributed by atoms with Crippen LogP contribution in [-0.2, 0) is 4.79 Å². The summed E-state index contributed by atoms with van der Waals surface area (Å²) >= 11 is 0. The van der Waals surface area contributed by atoms with E-state index in [1.54, 1.807) is 0 Å². The van der Waals surface area contributed by atoms with E-state index in [9.17, 15) is 4.79 Å². The lowest BCUT2D eigenvalue weighted by Crippen LogP contribution is -2.44. The van der Waals surface area contributed by atoms with Gasteiger partial charge in [-0.3, -0.25) is 4.79 Å². The molecule has 2 aliphatic heterocycles. The minimum Gasteiger partial charge on any atom is -0.340 e. The lowest BCUT2D eigenvalue weighted by molar-refractivity contribution is -0.135. The third kappa shape index (κ3) is 3.44. The molecule has 0 spiro atoms. The standard InChI is InChI=1S/C14H26N2O/c1-2-13-7-3-4-11-16(13)14(17)8-12-15-9-5-6-10-15/h13H,2-12H2,1H3. The summed E-state index contributed by atoms with van der Waals surface area (Å²) in [5, 5.41) is 0. The topological polar surface area (TPSA) is 23.6 Å². The Balaban J connectivity index is 1.76. The predicted octanol–water partition coefficient (Wildman–Crippen LogP) is 2.26. The van der Waals surface area contributed by atoms with Crippen LogP contribution in [0.1, 0.15) is 51.9 Å². The van der Waals surface area contributed by atoms with E-state index in [2.05, 4.69) is 16.7 Å². The van der Waals surface area contributed by atoms with Crippen molar-refractivity contribution in [1.29, 1.82) is 0 Å². The van der Waals surface area contributed by atoms with Crippen LogP contribution in [-0.4, -0.2) is 47.9 Å². The number of rotatable bonds is 4. The maximum Gasteiger partial charge on any atom is 0.224 e. The summed E-state index contributed by atoms with van der Waals surface area (Å²) in [6.45, 7) is 6.58. The Morgan fingerprint density at radius 3 is 2.53 bits per heavy atom. The first-order valence-corrected chi connectivity index (χ1v) is 7.33. The van der Waals surface area contributed by atoms with E-state index in [0.29, 0.717) is 11.9 Å². The molecule has 2 rings (SSSR count). The van der Waals surface area contributed by atoms with Gasteiger partial charge in [0, 0.05) is 25.6 Å². The van der Waals surface area contributed by atoms with Gasteiger partial charge in [-0.2, -0.15) is 0 Å². The van der Waals surface area contributed by atoms with Gasteiger partial charge in [0.15, 0.2) is 0 Å². The van der Waals surface area contributed by atoms with Crippen LogP contribution in [0, 0.1) is 0 Å². The second-order valence-corrected chi connectivity index (χ2v) is 5.44. The summed E-state index contributed by atoms with van der Waals surface area (Å²) in [4.78, 5) is 16.8. The second kappa shape index (κ2) is 6.39. The van der Waals surface area contributed by atoms with Crippen LogP contribution in [0.3, 0.4) is 0 Å². The fourth-order valence-electron chi connectivity index (χ4n) is 3.16. The number of likely N-dealkylation sites (tertiary alicyclic amines) is 2. The average Bonchev–Trinajstić information content (AvgIpc) is 2.89. The number of carbonyl (C=O) groups is 1. The van der Waals surface area contributed by atoms with E-state index < -0.39 is 0 Å². The van der Waals surface area contributed by atoms with Crippen LogP contribution in [0.15, 0.2) is 0 Å². The number of nitrogens with zero attached hydrogens (tertiary/aromatic N) is 2. The van der Waals surface area contributed by atoms with Crippen LogP contribution < -0.4 is 0 Å². The molecule has 3 nitrogen and oxygen atoms in total. The largest absolute Gasteiger partial charge is 0.340 e. The summed E-state index contributed by atoms with van der Waals surface area (Å²) in [6.07, 6.45) is 8.20. The van der Waals surface area contributed by atoms with Gasteiger partial charge >= 0.3 is 0 Å². The van der Waals surface area contributed by atoms with Gasteiger partial charge in [0.2, 0.25) is 5.91 Å². The number of carbonyl (C=O) groups excluding carboxylic acids is 1. The van der Waals surface area contributed by atoms with E-state index >= 15 is 0 Å². The highest BCUT2D eigenvalue weighted by molar-refractivity contribution is 5.76. The molecule has 0 saturated carbocycles. The summed E-state index contributed by atoms with van der Waals surface area (Å²) in [6, 6.07) is 0.523. The van der Waals surface area contributed by atoms with E-state index in [0.717, 1.165) is 25.9 Å². The highest BCUT2D eigenvalue weighted by atomic mass is 16.2. The van der Waals surface area contributed by atoms with Gasteiger partial charge in [0.25, 0.3) is 0 Å². The van der Waals surface area contributed by atoms with E-state index in [1.807, 2.05) is 0 Å². The van der Waals surface area contributed by atoms with Crippen molar-refractivity contribution in [3.8, 4) is 0 Å². The van der Waals surface area contributed by atoms with Gasteiger partial charge in [0.1, 0.15) is 0 Å². The Hall–Kier alpha value is -0.570. The molecule has 0 bridgehead atoms. The van der Waals surface area contributed by atoms with Gasteiger partial charge in [-0.05, 0) is 51.6 Å². The molecule has 0 aromatic rings. The fraction of sp³-hybridized carbons (Fsp3) is 0.929. The first-order chi connectivity index (χ1) is 8.31. The highest BCUT2D eigenvalue weighted by Gasteiger charge is 2.25. The van der Waals surface area contributed by atoms with Crippen LogP contribution >= 0.6 is 0 Å². The zero-order chi connectivity index (χ0) is 12.1. The predicted molar refractivity (Wildman–Crippen MR) is 69.9 cm³/mol. The molecular weight excluding hydrogens is 212 g/mol. The molecule has 0 aromatic heterocycles. The maximum atomic E-state index is 12.2. The molecule has 2 heterocycles. The van der Waals surface area contributed by atoms with Crippen LogP contribution in [0.5, 0.6) is 0 Å². The van der Waals surface area contributed by atoms with Gasteiger partial charge < -0.3 is 9.80 Å². The van der Waals surface area contributed by atoms with Gasteiger partial charge in [-0.15, -0.1) is 0 Å². The monoisotopic (exact) mass is 238 g/mol. The summed E-state index contributed by atoms with van der Waals surface area (Å²) in [5.41, 5.74) is 0. The van der Waals surface area contributed by atoms with Crippen LogP contribution in [0.25, 0.3) is 0 Å². The van der Waals surface area contributed by atoms with Gasteiger partial charge in [0.05, 0.1) is 0 Å². The van der Waals surface area contributed by atoms with Crippen molar-refractivity contribution in [2.45, 2.75) is 57.9 Å². The van der Waals surface area contributed by atoms with Crippen molar-refractivity contribution in [3.05, 3.63) is 0 Å². The Morgan fingerprint density at radius 2 is 1.82 bits per heavy atom. The number of hydrogen-bond donors (Lipinski definition) is 0. The summed E-state index contributed by atoms with van der Waals surface area (Å²) < 4.78 is 0. The van der Waals surface area contributed by atoms with Crippen molar-refractivity contribution >= 4 is 5.91 Å². The Labute approximate surface area is 105 Å². The normalized spacial score (nSPS) is 26.4. The maximum absolute atomic E-state index is 12.2. The third-order valence-electron chi connectivity index (χ3n) is 4.26. The summed E-state index contributed by atoms with van der Waals surface area (Å²) in [7, 11) is 0. The minimum absolute atomic E-state index is 0.392. The highest BCUT2D eigenvalue weighted by Crippen LogP contribution is 2.20. The quantitative estimate of drug-likeness (QED) is 0.750. The van der Waals surface area contributed by atoms with Crippen molar-refractivity contribution in [1.82, 2.24) is 9.80 Å². The molecule has 2 aliphatic rings. The zero-order valence-electron chi connectivity index (χ0n) is 11.2. The molecule has 0 radical (unpaired) electrons. The van der Waals surface area contributed by atoms with Crippen molar-refractivity contribution in [2.24, 2.45) is 0 Å². The van der Waals surface area contributed by atoms with Crippen LogP contribution in [0.2, 0.25) is 0 Å². The molecule has 2 saturated heterocycles. The lowest BCUT2D eigenvalue weighted by Gasteiger charge is -2.35. The molecular formula is C14H26N2O. The number of piperidine rings is 1. The average molecular weight is 238 g/mol. The van der Waals surface area contributed by atoms with Crippen molar-refractivity contribution < 1.29 is 4.79 Å². The third-order valence-corrected chi connectivity index (χ3v) is 4.26. The van der Waals surface area contributed by atoms with E-state index in [1.165, 1.54) is 45.2 Å². The molecule has 0 N–H and O–H groups in total. The van der Waals surface area contributed by atoms with Crippen molar-refractivity contribution in [3.63, 3.8) is 0 Å². The number of amides is 1. The SMILES string of the molecule is CCC1CCCCN1C(=O)CCN1CCCC1. The Bertz CT molecular complexity index is 249. The van der Waals surface area contributed by atoms with E-state index in [-0.39, 0.29) is 0 Å². The molecule has 0 aliphatic carbocycles. The van der Waals surface area contributed by atoms with E-state index in [4.69, 9.17) is 0 Å². The Morgan fingerprint density at radius 1 is 1.12 bits per heavy atom. The van der Waals surface area contributed by atoms with Crippen LogP contribution in [0.4, 0.5) is 0 Å².